The molecule has 6 heteroatoms. The molecule has 0 spiro atoms. The van der Waals surface area contributed by atoms with E-state index in [0.29, 0.717) is 18.0 Å². The molecule has 3 aromatic rings. The Labute approximate surface area is 163 Å². The number of ether oxygens (including phenoxy) is 1. The molecule has 1 N–H and O–H groups in total. The normalized spacial score (nSPS) is 11.7. The zero-order valence-corrected chi connectivity index (χ0v) is 16.5. The van der Waals surface area contributed by atoms with E-state index in [-0.39, 0.29) is 6.42 Å². The van der Waals surface area contributed by atoms with E-state index in [9.17, 15) is 9.90 Å². The minimum atomic E-state index is -0.805. The Balaban J connectivity index is 2.01. The zero-order chi connectivity index (χ0) is 19.6. The van der Waals surface area contributed by atoms with Crippen molar-refractivity contribution in [1.82, 2.24) is 9.55 Å². The number of rotatable bonds is 7. The standard InChI is InChI=1S/C21H23ClN2O3/c1-21(2,12-20(25)26)11-19-23-17-10-15(22)6-9-18(17)24(19)13-14-4-7-16(27-3)8-5-14/h4-10H,11-13H2,1-3H3,(H,25,26). The van der Waals surface area contributed by atoms with Crippen molar-refractivity contribution in [3.8, 4) is 5.75 Å². The average Bonchev–Trinajstić information content (AvgIpc) is 2.90. The number of benzene rings is 2. The van der Waals surface area contributed by atoms with E-state index in [1.165, 1.54) is 0 Å². The minimum absolute atomic E-state index is 0.0828. The Kier molecular flexibility index (Phi) is 5.42. The van der Waals surface area contributed by atoms with Gasteiger partial charge in [-0.05, 0) is 41.3 Å². The van der Waals surface area contributed by atoms with E-state index in [0.717, 1.165) is 28.2 Å². The third-order valence-electron chi connectivity index (χ3n) is 4.56. The van der Waals surface area contributed by atoms with Gasteiger partial charge in [0.1, 0.15) is 11.6 Å². The SMILES string of the molecule is COc1ccc(Cn2c(CC(C)(C)CC(=O)O)nc3cc(Cl)ccc32)cc1. The van der Waals surface area contributed by atoms with Crippen LogP contribution in [0.5, 0.6) is 5.75 Å². The molecular weight excluding hydrogens is 364 g/mol. The van der Waals surface area contributed by atoms with Crippen molar-refractivity contribution < 1.29 is 14.6 Å². The molecule has 2 aromatic carbocycles. The zero-order valence-electron chi connectivity index (χ0n) is 15.7. The van der Waals surface area contributed by atoms with Gasteiger partial charge in [0.05, 0.1) is 24.6 Å². The number of carboxylic acid groups (broad SMARTS) is 1. The van der Waals surface area contributed by atoms with E-state index < -0.39 is 11.4 Å². The number of fused-ring (bicyclic) bond motifs is 1. The van der Waals surface area contributed by atoms with Gasteiger partial charge >= 0.3 is 5.97 Å². The van der Waals surface area contributed by atoms with Crippen LogP contribution in [0.2, 0.25) is 5.02 Å². The van der Waals surface area contributed by atoms with Gasteiger partial charge in [-0.2, -0.15) is 0 Å². The lowest BCUT2D eigenvalue weighted by molar-refractivity contribution is -0.139. The number of aromatic nitrogens is 2. The van der Waals surface area contributed by atoms with Crippen LogP contribution in [0.3, 0.4) is 0 Å². The average molecular weight is 387 g/mol. The third-order valence-corrected chi connectivity index (χ3v) is 4.79. The fourth-order valence-electron chi connectivity index (χ4n) is 3.28. The van der Waals surface area contributed by atoms with E-state index in [1.807, 2.05) is 56.3 Å². The maximum absolute atomic E-state index is 11.2. The Bertz CT molecular complexity index is 961. The lowest BCUT2D eigenvalue weighted by atomic mass is 9.85. The number of methoxy groups -OCH3 is 1. The lowest BCUT2D eigenvalue weighted by Crippen LogP contribution is -2.22. The maximum atomic E-state index is 11.2. The van der Waals surface area contributed by atoms with Crippen molar-refractivity contribution >= 4 is 28.6 Å². The summed E-state index contributed by atoms with van der Waals surface area (Å²) >= 11 is 6.13. The molecule has 0 radical (unpaired) electrons. The summed E-state index contributed by atoms with van der Waals surface area (Å²) in [5, 5.41) is 9.83. The molecule has 0 aliphatic heterocycles. The first-order valence-corrected chi connectivity index (χ1v) is 9.14. The fraction of sp³-hybridized carbons (Fsp3) is 0.333. The Morgan fingerprint density at radius 1 is 1.22 bits per heavy atom. The molecule has 0 aliphatic carbocycles. The van der Waals surface area contributed by atoms with Gasteiger partial charge in [-0.25, -0.2) is 4.98 Å². The van der Waals surface area contributed by atoms with Crippen molar-refractivity contribution in [3.05, 3.63) is 58.9 Å². The van der Waals surface area contributed by atoms with Gasteiger partial charge in [0, 0.05) is 18.0 Å². The molecule has 142 valence electrons. The van der Waals surface area contributed by atoms with E-state index in [4.69, 9.17) is 21.3 Å². The van der Waals surface area contributed by atoms with Crippen LogP contribution in [0.15, 0.2) is 42.5 Å². The maximum Gasteiger partial charge on any atom is 0.303 e. The quantitative estimate of drug-likeness (QED) is 0.634. The molecule has 0 amide bonds. The van der Waals surface area contributed by atoms with Gasteiger partial charge < -0.3 is 14.4 Å². The summed E-state index contributed by atoms with van der Waals surface area (Å²) in [6, 6.07) is 13.6. The number of nitrogens with zero attached hydrogens (tertiary/aromatic N) is 2. The van der Waals surface area contributed by atoms with E-state index >= 15 is 0 Å². The number of carbonyl (C=O) groups is 1. The van der Waals surface area contributed by atoms with Gasteiger partial charge in [-0.15, -0.1) is 0 Å². The second kappa shape index (κ2) is 7.61. The molecule has 3 rings (SSSR count). The summed E-state index contributed by atoms with van der Waals surface area (Å²) < 4.78 is 7.36. The van der Waals surface area contributed by atoms with Crippen LogP contribution < -0.4 is 4.74 Å². The summed E-state index contributed by atoms with van der Waals surface area (Å²) in [5.74, 6) is 0.860. The molecule has 5 nitrogen and oxygen atoms in total. The molecule has 1 aromatic heterocycles. The van der Waals surface area contributed by atoms with Crippen LogP contribution in [-0.4, -0.2) is 27.7 Å². The molecule has 0 fully saturated rings. The van der Waals surface area contributed by atoms with Crippen LogP contribution in [0, 0.1) is 5.41 Å². The third kappa shape index (κ3) is 4.61. The predicted octanol–water partition coefficient (Wildman–Crippen LogP) is 4.79. The number of hydrogen-bond donors (Lipinski definition) is 1. The number of hydrogen-bond acceptors (Lipinski definition) is 3. The Morgan fingerprint density at radius 2 is 1.93 bits per heavy atom. The largest absolute Gasteiger partial charge is 0.497 e. The Hall–Kier alpha value is -2.53. The molecule has 0 unspecified atom stereocenters. The second-order valence-corrected chi connectivity index (χ2v) is 7.94. The highest BCUT2D eigenvalue weighted by Crippen LogP contribution is 2.29. The van der Waals surface area contributed by atoms with Gasteiger partial charge in [-0.3, -0.25) is 4.79 Å². The summed E-state index contributed by atoms with van der Waals surface area (Å²) in [6.45, 7) is 4.54. The molecule has 1 heterocycles. The first-order chi connectivity index (χ1) is 12.8. The summed E-state index contributed by atoms with van der Waals surface area (Å²) in [7, 11) is 1.64. The molecule has 0 atom stereocenters. The van der Waals surface area contributed by atoms with Crippen LogP contribution in [0.4, 0.5) is 0 Å². The molecular formula is C21H23ClN2O3. The van der Waals surface area contributed by atoms with Crippen molar-refractivity contribution in [1.29, 1.82) is 0 Å². The first kappa shape index (κ1) is 19.2. The van der Waals surface area contributed by atoms with Crippen LogP contribution in [-0.2, 0) is 17.8 Å². The van der Waals surface area contributed by atoms with Crippen LogP contribution >= 0.6 is 11.6 Å². The van der Waals surface area contributed by atoms with Crippen LogP contribution in [0.25, 0.3) is 11.0 Å². The second-order valence-electron chi connectivity index (χ2n) is 7.51. The van der Waals surface area contributed by atoms with Crippen molar-refractivity contribution in [3.63, 3.8) is 0 Å². The summed E-state index contributed by atoms with van der Waals surface area (Å²) in [5.41, 5.74) is 2.50. The first-order valence-electron chi connectivity index (χ1n) is 8.77. The molecule has 0 saturated carbocycles. The highest BCUT2D eigenvalue weighted by Gasteiger charge is 2.25. The molecule has 0 saturated heterocycles. The summed E-state index contributed by atoms with van der Waals surface area (Å²) in [4.78, 5) is 16.0. The Morgan fingerprint density at radius 3 is 2.56 bits per heavy atom. The van der Waals surface area contributed by atoms with Gasteiger partial charge in [-0.1, -0.05) is 37.6 Å². The highest BCUT2D eigenvalue weighted by molar-refractivity contribution is 6.31. The number of carboxylic acids is 1. The van der Waals surface area contributed by atoms with Gasteiger partial charge in [0.25, 0.3) is 0 Å². The van der Waals surface area contributed by atoms with Gasteiger partial charge in [0.15, 0.2) is 0 Å². The van der Waals surface area contributed by atoms with Crippen LogP contribution in [0.1, 0.15) is 31.7 Å². The molecule has 0 bridgehead atoms. The minimum Gasteiger partial charge on any atom is -0.497 e. The number of aliphatic carboxylic acids is 1. The topological polar surface area (TPSA) is 64.3 Å². The van der Waals surface area contributed by atoms with Crippen molar-refractivity contribution in [2.45, 2.75) is 33.2 Å². The fourth-order valence-corrected chi connectivity index (χ4v) is 3.44. The number of halogens is 1. The smallest absolute Gasteiger partial charge is 0.303 e. The monoisotopic (exact) mass is 386 g/mol. The highest BCUT2D eigenvalue weighted by atomic mass is 35.5. The predicted molar refractivity (Wildman–Crippen MR) is 107 cm³/mol. The van der Waals surface area contributed by atoms with E-state index in [1.54, 1.807) is 7.11 Å². The molecule has 27 heavy (non-hydrogen) atoms. The van der Waals surface area contributed by atoms with E-state index in [2.05, 4.69) is 4.57 Å². The number of imidazole rings is 1. The summed E-state index contributed by atoms with van der Waals surface area (Å²) in [6.07, 6.45) is 0.640. The van der Waals surface area contributed by atoms with Crippen molar-refractivity contribution in [2.75, 3.05) is 7.11 Å². The van der Waals surface area contributed by atoms with Gasteiger partial charge in [0.2, 0.25) is 0 Å². The lowest BCUT2D eigenvalue weighted by Gasteiger charge is -2.22. The van der Waals surface area contributed by atoms with Crippen molar-refractivity contribution in [2.24, 2.45) is 5.41 Å². The molecule has 0 aliphatic rings.